The predicted molar refractivity (Wildman–Crippen MR) is 105 cm³/mol. The lowest BCUT2D eigenvalue weighted by Gasteiger charge is -2.30. The summed E-state index contributed by atoms with van der Waals surface area (Å²) in [4.78, 5) is 35.5. The molecule has 1 aliphatic rings. The van der Waals surface area contributed by atoms with Gasteiger partial charge in [-0.15, -0.1) is 0 Å². The van der Waals surface area contributed by atoms with E-state index in [9.17, 15) is 22.8 Å². The molecule has 0 saturated carbocycles. The molecule has 1 fully saturated rings. The second kappa shape index (κ2) is 8.05. The molecule has 4 rings (SSSR count). The third-order valence-corrected chi connectivity index (χ3v) is 5.11. The van der Waals surface area contributed by atoms with E-state index in [0.717, 1.165) is 16.6 Å². The van der Waals surface area contributed by atoms with E-state index in [2.05, 4.69) is 9.97 Å². The molecular formula is C20H20F3N5O3. The Morgan fingerprint density at radius 2 is 2.00 bits per heavy atom. The Morgan fingerprint density at radius 1 is 1.23 bits per heavy atom. The first-order valence-corrected chi connectivity index (χ1v) is 9.74. The maximum absolute atomic E-state index is 12.7. The molecule has 3 heterocycles. The zero-order valence-electron chi connectivity index (χ0n) is 16.7. The molecule has 1 aromatic carbocycles. The first kappa shape index (κ1) is 20.9. The molecule has 164 valence electrons. The number of alkyl halides is 3. The maximum atomic E-state index is 12.7. The molecule has 1 amide bonds. The van der Waals surface area contributed by atoms with Gasteiger partial charge < -0.3 is 9.64 Å². The standard InChI is InChI=1S/C20H20F3N5O3/c1-26-15-11-24-16(25-17(15)28(18(26)29)19(30)27-8-3-9-27)7-6-13-4-2-5-14(10-13)31-12-20(21,22)23/h2,4-5,10-11H,3,6-9,12H2,1H3. The minimum Gasteiger partial charge on any atom is -0.484 e. The van der Waals surface area contributed by atoms with Crippen molar-refractivity contribution in [1.29, 1.82) is 0 Å². The summed E-state index contributed by atoms with van der Waals surface area (Å²) in [5.74, 6) is 0.549. The van der Waals surface area contributed by atoms with Gasteiger partial charge in [0.15, 0.2) is 12.3 Å². The van der Waals surface area contributed by atoms with Gasteiger partial charge in [-0.2, -0.15) is 17.7 Å². The molecule has 1 saturated heterocycles. The Hall–Kier alpha value is -3.37. The number of hydrogen-bond acceptors (Lipinski definition) is 5. The van der Waals surface area contributed by atoms with Gasteiger partial charge in [0, 0.05) is 26.6 Å². The summed E-state index contributed by atoms with van der Waals surface area (Å²) in [6.07, 6.45) is -1.18. The second-order valence-corrected chi connectivity index (χ2v) is 7.35. The summed E-state index contributed by atoms with van der Waals surface area (Å²) in [6.45, 7) is -0.147. The first-order chi connectivity index (χ1) is 14.7. The highest BCUT2D eigenvalue weighted by atomic mass is 19.4. The van der Waals surface area contributed by atoms with Crippen LogP contribution in [0.3, 0.4) is 0 Å². The fourth-order valence-electron chi connectivity index (χ4n) is 3.30. The van der Waals surface area contributed by atoms with Crippen LogP contribution in [-0.2, 0) is 19.9 Å². The van der Waals surface area contributed by atoms with E-state index >= 15 is 0 Å². The van der Waals surface area contributed by atoms with E-state index < -0.39 is 24.5 Å². The number of carbonyl (C=O) groups is 1. The van der Waals surface area contributed by atoms with Gasteiger partial charge in [0.05, 0.1) is 6.20 Å². The number of fused-ring (bicyclic) bond motifs is 1. The van der Waals surface area contributed by atoms with Gasteiger partial charge in [-0.25, -0.2) is 19.6 Å². The highest BCUT2D eigenvalue weighted by Gasteiger charge is 2.28. The molecule has 0 bridgehead atoms. The van der Waals surface area contributed by atoms with Crippen molar-refractivity contribution < 1.29 is 22.7 Å². The van der Waals surface area contributed by atoms with E-state index in [1.165, 1.54) is 22.9 Å². The van der Waals surface area contributed by atoms with Gasteiger partial charge in [-0.05, 0) is 30.5 Å². The Morgan fingerprint density at radius 3 is 2.68 bits per heavy atom. The number of likely N-dealkylation sites (tertiary alicyclic amines) is 1. The number of amides is 1. The molecule has 2 aromatic heterocycles. The normalized spacial score (nSPS) is 14.0. The highest BCUT2D eigenvalue weighted by Crippen LogP contribution is 2.20. The van der Waals surface area contributed by atoms with Crippen molar-refractivity contribution in [3.8, 4) is 5.75 Å². The average Bonchev–Trinajstić information content (AvgIpc) is 2.93. The number of halogens is 3. The monoisotopic (exact) mass is 435 g/mol. The van der Waals surface area contributed by atoms with Gasteiger partial charge in [-0.1, -0.05) is 12.1 Å². The van der Waals surface area contributed by atoms with Crippen LogP contribution in [0.1, 0.15) is 17.8 Å². The largest absolute Gasteiger partial charge is 0.484 e. The first-order valence-electron chi connectivity index (χ1n) is 9.74. The molecule has 0 aliphatic carbocycles. The van der Waals surface area contributed by atoms with Crippen molar-refractivity contribution in [2.45, 2.75) is 25.4 Å². The van der Waals surface area contributed by atoms with E-state index in [0.29, 0.717) is 37.3 Å². The average molecular weight is 435 g/mol. The Labute approximate surface area is 174 Å². The van der Waals surface area contributed by atoms with E-state index in [1.807, 2.05) is 0 Å². The van der Waals surface area contributed by atoms with Crippen LogP contribution in [0.2, 0.25) is 0 Å². The molecule has 0 N–H and O–H groups in total. The highest BCUT2D eigenvalue weighted by molar-refractivity contribution is 5.87. The molecule has 11 heteroatoms. The summed E-state index contributed by atoms with van der Waals surface area (Å²) < 4.78 is 44.2. The summed E-state index contributed by atoms with van der Waals surface area (Å²) in [5, 5.41) is 0. The van der Waals surface area contributed by atoms with Crippen molar-refractivity contribution in [2.75, 3.05) is 19.7 Å². The lowest BCUT2D eigenvalue weighted by Crippen LogP contribution is -2.47. The van der Waals surface area contributed by atoms with Crippen LogP contribution in [0.25, 0.3) is 11.2 Å². The zero-order chi connectivity index (χ0) is 22.2. The fourth-order valence-corrected chi connectivity index (χ4v) is 3.30. The third kappa shape index (κ3) is 4.39. The molecule has 0 atom stereocenters. The number of rotatable bonds is 5. The lowest BCUT2D eigenvalue weighted by molar-refractivity contribution is -0.153. The van der Waals surface area contributed by atoms with Crippen LogP contribution in [0, 0.1) is 0 Å². The van der Waals surface area contributed by atoms with Crippen molar-refractivity contribution in [3.05, 3.63) is 52.3 Å². The number of imidazole rings is 1. The van der Waals surface area contributed by atoms with Crippen molar-refractivity contribution in [2.24, 2.45) is 7.05 Å². The van der Waals surface area contributed by atoms with Crippen LogP contribution in [0.15, 0.2) is 35.3 Å². The quantitative estimate of drug-likeness (QED) is 0.615. The minimum atomic E-state index is -4.40. The number of carbonyl (C=O) groups excluding carboxylic acids is 1. The van der Waals surface area contributed by atoms with Crippen LogP contribution in [0.4, 0.5) is 18.0 Å². The number of aryl methyl sites for hydroxylation is 3. The maximum Gasteiger partial charge on any atom is 0.422 e. The Kier molecular flexibility index (Phi) is 5.42. The fraction of sp³-hybridized carbons (Fsp3) is 0.400. The van der Waals surface area contributed by atoms with Crippen LogP contribution in [-0.4, -0.2) is 55.9 Å². The van der Waals surface area contributed by atoms with Gasteiger partial charge in [0.25, 0.3) is 0 Å². The Balaban J connectivity index is 1.53. The summed E-state index contributed by atoms with van der Waals surface area (Å²) in [7, 11) is 1.56. The van der Waals surface area contributed by atoms with E-state index in [1.54, 1.807) is 24.1 Å². The number of aromatic nitrogens is 4. The Bertz CT molecular complexity index is 1180. The van der Waals surface area contributed by atoms with Crippen molar-refractivity contribution >= 4 is 17.2 Å². The molecule has 31 heavy (non-hydrogen) atoms. The molecule has 0 unspecified atom stereocenters. The third-order valence-electron chi connectivity index (χ3n) is 5.11. The second-order valence-electron chi connectivity index (χ2n) is 7.35. The molecule has 8 nitrogen and oxygen atoms in total. The van der Waals surface area contributed by atoms with E-state index in [4.69, 9.17) is 4.74 Å². The van der Waals surface area contributed by atoms with Crippen molar-refractivity contribution in [1.82, 2.24) is 24.0 Å². The zero-order valence-corrected chi connectivity index (χ0v) is 16.7. The van der Waals surface area contributed by atoms with Crippen molar-refractivity contribution in [3.63, 3.8) is 0 Å². The number of ether oxygens (including phenoxy) is 1. The summed E-state index contributed by atoms with van der Waals surface area (Å²) >= 11 is 0. The molecule has 3 aromatic rings. The summed E-state index contributed by atoms with van der Waals surface area (Å²) in [6, 6.07) is 5.98. The van der Waals surface area contributed by atoms with Crippen LogP contribution >= 0.6 is 0 Å². The SMILES string of the molecule is Cn1c(=O)n(C(=O)N2CCC2)c2nc(CCc3cccc(OCC(F)(F)F)c3)ncc21. The number of hydrogen-bond donors (Lipinski definition) is 0. The number of nitrogens with zero attached hydrogens (tertiary/aromatic N) is 5. The molecule has 0 spiro atoms. The molecule has 0 radical (unpaired) electrons. The minimum absolute atomic E-state index is 0.128. The predicted octanol–water partition coefficient (Wildman–Crippen LogP) is 2.53. The van der Waals surface area contributed by atoms with Gasteiger partial charge in [-0.3, -0.25) is 4.57 Å². The van der Waals surface area contributed by atoms with Gasteiger partial charge in [0.1, 0.15) is 17.1 Å². The molecular weight excluding hydrogens is 415 g/mol. The van der Waals surface area contributed by atoms with E-state index in [-0.39, 0.29) is 11.4 Å². The van der Waals surface area contributed by atoms with Gasteiger partial charge in [0.2, 0.25) is 0 Å². The van der Waals surface area contributed by atoms with Gasteiger partial charge >= 0.3 is 17.9 Å². The topological polar surface area (TPSA) is 82.2 Å². The number of benzene rings is 1. The van der Waals surface area contributed by atoms with Crippen LogP contribution < -0.4 is 10.4 Å². The van der Waals surface area contributed by atoms with Crippen LogP contribution in [0.5, 0.6) is 5.75 Å². The molecule has 1 aliphatic heterocycles. The lowest BCUT2D eigenvalue weighted by atomic mass is 10.1. The smallest absolute Gasteiger partial charge is 0.422 e. The summed E-state index contributed by atoms with van der Waals surface area (Å²) in [5.41, 5.74) is 0.972.